The summed E-state index contributed by atoms with van der Waals surface area (Å²) in [4.78, 5) is 35.2. The van der Waals surface area contributed by atoms with Crippen LogP contribution in [-0.4, -0.2) is 52.2 Å². The number of fused-ring (bicyclic) bond motifs is 2. The lowest BCUT2D eigenvalue weighted by atomic mass is 9.85. The average Bonchev–Trinajstić information content (AvgIpc) is 3.37. The molecule has 3 aromatic heterocycles. The fourth-order valence-corrected chi connectivity index (χ4v) is 7.20. The Morgan fingerprint density at radius 2 is 1.98 bits per heavy atom. The molecule has 43 heavy (non-hydrogen) atoms. The molecule has 1 atom stereocenters. The number of benzene rings is 1. The van der Waals surface area contributed by atoms with E-state index in [0.717, 1.165) is 33.6 Å². The fourth-order valence-electron chi connectivity index (χ4n) is 6.02. The Kier molecular flexibility index (Phi) is 7.99. The lowest BCUT2D eigenvalue weighted by Gasteiger charge is -2.39. The molecule has 0 bridgehead atoms. The molecule has 0 aliphatic heterocycles. The Morgan fingerprint density at radius 1 is 1.19 bits per heavy atom. The third-order valence-electron chi connectivity index (χ3n) is 8.14. The van der Waals surface area contributed by atoms with E-state index >= 15 is 0 Å². The number of rotatable bonds is 8. The molecule has 2 aliphatic carbocycles. The summed E-state index contributed by atoms with van der Waals surface area (Å²) >= 11 is 7.80. The number of methoxy groups -OCH3 is 1. The predicted molar refractivity (Wildman–Crippen MR) is 162 cm³/mol. The van der Waals surface area contributed by atoms with Crippen LogP contribution in [0.4, 0.5) is 8.78 Å². The molecule has 3 heterocycles. The summed E-state index contributed by atoms with van der Waals surface area (Å²) in [5.41, 5.74) is 4.55. The third-order valence-corrected chi connectivity index (χ3v) is 9.38. The highest BCUT2D eigenvalue weighted by Gasteiger charge is 2.46. The average molecular weight is 629 g/mol. The molecule has 2 aliphatic rings. The fraction of sp³-hybridized carbons (Fsp3) is 0.419. The number of carbonyl (C=O) groups is 1. The first-order valence-corrected chi connectivity index (χ1v) is 15.4. The van der Waals surface area contributed by atoms with Gasteiger partial charge in [-0.3, -0.25) is 14.3 Å². The van der Waals surface area contributed by atoms with Crippen molar-refractivity contribution in [3.05, 3.63) is 73.4 Å². The molecule has 1 unspecified atom stereocenters. The summed E-state index contributed by atoms with van der Waals surface area (Å²) in [6.45, 7) is 4.13. The molecule has 0 radical (unpaired) electrons. The van der Waals surface area contributed by atoms with E-state index in [2.05, 4.69) is 10.3 Å². The first kappa shape index (κ1) is 29.7. The van der Waals surface area contributed by atoms with Crippen molar-refractivity contribution in [3.63, 3.8) is 0 Å². The predicted octanol–water partition coefficient (Wildman–Crippen LogP) is 5.90. The zero-order valence-electron chi connectivity index (χ0n) is 24.0. The second-order valence-corrected chi connectivity index (χ2v) is 12.5. The Morgan fingerprint density at radius 3 is 2.72 bits per heavy atom. The Bertz CT molecular complexity index is 1780. The Balaban J connectivity index is 1.22. The highest BCUT2D eigenvalue weighted by molar-refractivity contribution is 7.18. The molecule has 8 nitrogen and oxygen atoms in total. The van der Waals surface area contributed by atoms with Crippen molar-refractivity contribution >= 4 is 39.1 Å². The first-order valence-electron chi connectivity index (χ1n) is 14.2. The van der Waals surface area contributed by atoms with Gasteiger partial charge in [0.25, 0.3) is 11.5 Å². The minimum atomic E-state index is -2.59. The molecular weight excluding hydrogens is 598 g/mol. The molecule has 1 N–H and O–H groups in total. The van der Waals surface area contributed by atoms with Gasteiger partial charge in [0.15, 0.2) is 0 Å². The Hall–Kier alpha value is -3.41. The van der Waals surface area contributed by atoms with Crippen LogP contribution in [0.2, 0.25) is 5.02 Å². The van der Waals surface area contributed by atoms with E-state index in [1.807, 2.05) is 26.0 Å². The summed E-state index contributed by atoms with van der Waals surface area (Å²) in [5.74, 6) is -1.86. The number of alkyl halides is 2. The largest absolute Gasteiger partial charge is 0.491 e. The summed E-state index contributed by atoms with van der Waals surface area (Å²) in [6.07, 6.45) is 1.57. The summed E-state index contributed by atoms with van der Waals surface area (Å²) in [7, 11) is 1.34. The van der Waals surface area contributed by atoms with E-state index in [1.54, 1.807) is 22.1 Å². The number of halogens is 3. The van der Waals surface area contributed by atoms with Crippen LogP contribution in [-0.2, 0) is 24.1 Å². The van der Waals surface area contributed by atoms with Crippen molar-refractivity contribution in [2.75, 3.05) is 13.7 Å². The number of thiophene rings is 1. The molecule has 0 amide bonds. The summed E-state index contributed by atoms with van der Waals surface area (Å²) < 4.78 is 40.2. The number of hydrogen-bond acceptors (Lipinski definition) is 8. The molecule has 226 valence electrons. The zero-order valence-corrected chi connectivity index (χ0v) is 25.6. The van der Waals surface area contributed by atoms with Gasteiger partial charge in [-0.1, -0.05) is 11.6 Å². The lowest BCUT2D eigenvalue weighted by molar-refractivity contribution is -0.0950. The first-order chi connectivity index (χ1) is 20.5. The number of aromatic nitrogens is 3. The van der Waals surface area contributed by atoms with Crippen molar-refractivity contribution in [3.8, 4) is 16.9 Å². The van der Waals surface area contributed by atoms with Crippen molar-refractivity contribution < 1.29 is 23.0 Å². The van der Waals surface area contributed by atoms with Crippen molar-refractivity contribution in [1.82, 2.24) is 19.9 Å². The highest BCUT2D eigenvalue weighted by atomic mass is 35.5. The number of ether oxygens (including phenoxy) is 2. The quantitative estimate of drug-likeness (QED) is 0.243. The number of carbonyl (C=O) groups excluding carboxylic acids is 1. The molecule has 12 heteroatoms. The lowest BCUT2D eigenvalue weighted by Crippen LogP contribution is -2.53. The zero-order chi connectivity index (χ0) is 30.5. The van der Waals surface area contributed by atoms with Crippen LogP contribution in [0.3, 0.4) is 0 Å². The number of hydrogen-bond donors (Lipinski definition) is 1. The normalized spacial score (nSPS) is 17.9. The van der Waals surface area contributed by atoms with E-state index in [9.17, 15) is 18.4 Å². The van der Waals surface area contributed by atoms with Crippen LogP contribution in [0.1, 0.15) is 52.4 Å². The maximum Gasteiger partial charge on any atom is 0.340 e. The number of aryl methyl sites for hydroxylation is 3. The molecule has 6 rings (SSSR count). The van der Waals surface area contributed by atoms with Gasteiger partial charge in [-0.05, 0) is 57.4 Å². The molecule has 4 aromatic rings. The second-order valence-electron chi connectivity index (χ2n) is 11.2. The maximum absolute atomic E-state index is 13.6. The van der Waals surface area contributed by atoms with Gasteiger partial charge in [-0.2, -0.15) is 0 Å². The minimum Gasteiger partial charge on any atom is -0.491 e. The molecule has 0 saturated heterocycles. The number of pyridine rings is 1. The van der Waals surface area contributed by atoms with Gasteiger partial charge >= 0.3 is 5.97 Å². The highest BCUT2D eigenvalue weighted by Crippen LogP contribution is 2.41. The summed E-state index contributed by atoms with van der Waals surface area (Å²) in [5, 5.41) is 5.57. The van der Waals surface area contributed by atoms with Crippen LogP contribution < -0.4 is 15.6 Å². The van der Waals surface area contributed by atoms with E-state index in [1.165, 1.54) is 18.4 Å². The molecule has 0 spiro atoms. The van der Waals surface area contributed by atoms with E-state index in [-0.39, 0.29) is 43.6 Å². The van der Waals surface area contributed by atoms with Gasteiger partial charge in [0.2, 0.25) is 0 Å². The van der Waals surface area contributed by atoms with Gasteiger partial charge in [0.1, 0.15) is 18.2 Å². The molecule has 1 aromatic carbocycles. The van der Waals surface area contributed by atoms with E-state index in [0.29, 0.717) is 46.1 Å². The van der Waals surface area contributed by atoms with Crippen molar-refractivity contribution in [2.24, 2.45) is 0 Å². The smallest absolute Gasteiger partial charge is 0.340 e. The molecule has 1 saturated carbocycles. The molecule has 1 fully saturated rings. The maximum atomic E-state index is 13.6. The van der Waals surface area contributed by atoms with Crippen molar-refractivity contribution in [2.45, 2.75) is 70.5 Å². The Labute approximate surface area is 256 Å². The topological polar surface area (TPSA) is 95.3 Å². The summed E-state index contributed by atoms with van der Waals surface area (Å²) in [6, 6.07) is 7.03. The van der Waals surface area contributed by atoms with Crippen LogP contribution >= 0.6 is 22.9 Å². The van der Waals surface area contributed by atoms with Crippen LogP contribution in [0.15, 0.2) is 34.4 Å². The van der Waals surface area contributed by atoms with Gasteiger partial charge < -0.3 is 14.8 Å². The van der Waals surface area contributed by atoms with Crippen LogP contribution in [0.5, 0.6) is 5.75 Å². The van der Waals surface area contributed by atoms with E-state index in [4.69, 9.17) is 26.1 Å². The van der Waals surface area contributed by atoms with E-state index < -0.39 is 11.9 Å². The van der Waals surface area contributed by atoms with Crippen LogP contribution in [0, 0.1) is 13.8 Å². The third kappa shape index (κ3) is 5.90. The minimum absolute atomic E-state index is 0.0234. The van der Waals surface area contributed by atoms with Gasteiger partial charge in [-0.25, -0.2) is 18.6 Å². The SMILES string of the molecule is COC(=O)c1csc2c(-c3cc(Cl)ccc3OCCn3c(C)nc4c(c3=O)CC(NC3CC(F)(F)C3)CC4)cc(C)nc12. The molecular formula is C31H31ClF2N4O4S. The monoisotopic (exact) mass is 628 g/mol. The standard InChI is InChI=1S/C31H31ClF2N4O4S/c1-16-10-22(28-27(35-16)24(15-43-28)30(40)41-3)21-11-18(32)4-7-26(21)42-9-8-38-17(2)36-25-6-5-19(12-23(25)29(38)39)37-20-13-31(33,34)14-20/h4,7,10-11,15,19-20,37H,5-6,8-9,12-14H2,1-3H3. The number of esters is 1. The van der Waals surface area contributed by atoms with Crippen LogP contribution in [0.25, 0.3) is 21.3 Å². The second kappa shape index (κ2) is 11.6. The number of nitrogens with one attached hydrogen (secondary N) is 1. The van der Waals surface area contributed by atoms with Gasteiger partial charge in [0, 0.05) is 57.7 Å². The van der Waals surface area contributed by atoms with Gasteiger partial charge in [-0.15, -0.1) is 11.3 Å². The van der Waals surface area contributed by atoms with Gasteiger partial charge in [0.05, 0.1) is 35.1 Å². The van der Waals surface area contributed by atoms with Crippen molar-refractivity contribution in [1.29, 1.82) is 0 Å². The number of nitrogens with zero attached hydrogens (tertiary/aromatic N) is 3.